The van der Waals surface area contributed by atoms with Crippen LogP contribution in [-0.4, -0.2) is 77.8 Å². The number of carboxylic acids is 3. The first-order valence-electron chi connectivity index (χ1n) is 16.3. The van der Waals surface area contributed by atoms with Gasteiger partial charge in [-0.25, -0.2) is 9.79 Å². The topological polar surface area (TPSA) is 230 Å². The number of aromatic amines is 2. The highest BCUT2D eigenvalue weighted by Crippen LogP contribution is 2.37. The van der Waals surface area contributed by atoms with E-state index < -0.39 is 23.9 Å². The van der Waals surface area contributed by atoms with E-state index in [0.29, 0.717) is 44.6 Å². The number of quaternary nitrogens is 1. The number of nitrogens with one attached hydrogen (secondary N) is 3. The minimum atomic E-state index is -0.988. The Balaban J connectivity index is 1.85. The molecule has 2 aromatic heterocycles. The average Bonchev–Trinajstić information content (AvgIpc) is 3.69. The number of aliphatic imine (C=N–C) groups is 1. The van der Waals surface area contributed by atoms with Gasteiger partial charge in [-0.2, -0.15) is 11.8 Å². The number of nitrogens with zero attached hydrogens (tertiary/aromatic N) is 1. The number of allylic oxidation sites excluding steroid dienone is 2. The Kier molecular flexibility index (Phi) is 11.9. The van der Waals surface area contributed by atoms with E-state index in [1.807, 2.05) is 39.8 Å². The van der Waals surface area contributed by atoms with Crippen LogP contribution in [0.2, 0.25) is 0 Å². The van der Waals surface area contributed by atoms with Crippen molar-refractivity contribution in [2.24, 2.45) is 16.8 Å². The molecule has 0 saturated carbocycles. The van der Waals surface area contributed by atoms with Crippen molar-refractivity contribution in [1.82, 2.24) is 15.3 Å². The second kappa shape index (κ2) is 15.7. The molecule has 0 aromatic carbocycles. The lowest BCUT2D eigenvalue weighted by atomic mass is 9.91. The van der Waals surface area contributed by atoms with Crippen LogP contribution in [0.15, 0.2) is 34.5 Å². The monoisotopic (exact) mass is 706 g/mol. The van der Waals surface area contributed by atoms with E-state index in [4.69, 9.17) is 0 Å². The Hall–Kier alpha value is -4.95. The number of aromatic nitrogens is 2. The molecule has 0 spiro atoms. The molecule has 4 heterocycles. The van der Waals surface area contributed by atoms with Gasteiger partial charge in [-0.15, -0.1) is 0 Å². The Morgan fingerprint density at radius 3 is 2.16 bits per heavy atom. The quantitative estimate of drug-likeness (QED) is 0.143. The Labute approximate surface area is 293 Å². The first kappa shape index (κ1) is 37.9. The van der Waals surface area contributed by atoms with Gasteiger partial charge in [0.25, 0.3) is 5.91 Å². The summed E-state index contributed by atoms with van der Waals surface area (Å²) in [4.78, 5) is 70.8. The highest BCUT2D eigenvalue weighted by molar-refractivity contribution is 7.99. The van der Waals surface area contributed by atoms with E-state index in [2.05, 4.69) is 32.6 Å². The molecule has 14 heteroatoms. The predicted octanol–water partition coefficient (Wildman–Crippen LogP) is 1.63. The number of carbonyl (C=O) groups is 5. The van der Waals surface area contributed by atoms with Crippen LogP contribution in [0.4, 0.5) is 0 Å². The zero-order chi connectivity index (χ0) is 37.0. The first-order valence-corrected chi connectivity index (χ1v) is 17.3. The van der Waals surface area contributed by atoms with Gasteiger partial charge < -0.3 is 36.3 Å². The summed E-state index contributed by atoms with van der Waals surface area (Å²) in [6.45, 7) is 13.0. The van der Waals surface area contributed by atoms with Crippen molar-refractivity contribution in [2.75, 3.05) is 5.75 Å². The fourth-order valence-electron chi connectivity index (χ4n) is 6.38. The third-order valence-electron chi connectivity index (χ3n) is 9.39. The van der Waals surface area contributed by atoms with Gasteiger partial charge in [0.1, 0.15) is 0 Å². The predicted molar refractivity (Wildman–Crippen MR) is 191 cm³/mol. The fraction of sp³-hybridized carbons (Fsp3) is 0.389. The Morgan fingerprint density at radius 2 is 1.58 bits per heavy atom. The van der Waals surface area contributed by atoms with E-state index >= 15 is 0 Å². The van der Waals surface area contributed by atoms with Crippen molar-refractivity contribution in [2.45, 2.75) is 71.6 Å². The molecule has 266 valence electrons. The minimum absolute atomic E-state index is 0.110. The van der Waals surface area contributed by atoms with Crippen LogP contribution in [0.25, 0.3) is 18.2 Å². The first-order chi connectivity index (χ1) is 23.5. The molecule has 2 amide bonds. The number of rotatable bonds is 15. The largest absolute Gasteiger partial charge is 0.481 e. The SMILES string of the molecule is C=CC1=C(C)C(C=c2[nH]c(=Cc3[nH]c(/C=C4\NC(=O)[C@H](C)[C@H]4[C@H](C)SC[C@H]([NH3+])C(=O)O)c(C)c3CCC(=O)O)c(CCC(=O)O)c2C)=NC1=O. The second-order valence-corrected chi connectivity index (χ2v) is 14.1. The second-order valence-electron chi connectivity index (χ2n) is 12.7. The molecule has 9 N–H and O–H groups in total. The summed E-state index contributed by atoms with van der Waals surface area (Å²) in [5.74, 6) is -3.75. The summed E-state index contributed by atoms with van der Waals surface area (Å²) in [5, 5.41) is 32.5. The standard InChI is InChI=1S/C36H43N5O8S/c1-7-21-16(2)27(40-35(21)47)12-25-17(3)22(8-10-31(42)43)28(38-25)14-29-23(9-11-32(44)45)18(4)26(39-29)13-30-33(19(5)34(46)41-30)20(6)50-15-24(37)36(48)49/h7,12-14,19-20,24,33,38-39H,1,8-11,15,37H2,2-6H3,(H,41,46)(H,42,43)(H,44,45)(H,48,49)/p+1/b25-12?,28-14?,30-13-/t19-,20+,24+,33+/m1/s1. The fourth-order valence-corrected chi connectivity index (χ4v) is 7.64. The molecule has 13 nitrogen and oxygen atoms in total. The number of thioether (sulfide) groups is 1. The Bertz CT molecular complexity index is 1980. The van der Waals surface area contributed by atoms with Gasteiger partial charge in [-0.05, 0) is 79.7 Å². The lowest BCUT2D eigenvalue weighted by Crippen LogP contribution is -2.66. The van der Waals surface area contributed by atoms with Gasteiger partial charge in [0.15, 0.2) is 6.04 Å². The molecule has 1 fully saturated rings. The van der Waals surface area contributed by atoms with Gasteiger partial charge in [0, 0.05) is 63.3 Å². The highest BCUT2D eigenvalue weighted by atomic mass is 32.2. The highest BCUT2D eigenvalue weighted by Gasteiger charge is 2.39. The molecule has 2 aliphatic heterocycles. The van der Waals surface area contributed by atoms with Gasteiger partial charge in [-0.3, -0.25) is 19.2 Å². The number of carboxylic acid groups (broad SMARTS) is 3. The van der Waals surface area contributed by atoms with Crippen LogP contribution in [0.5, 0.6) is 0 Å². The summed E-state index contributed by atoms with van der Waals surface area (Å²) in [6, 6.07) is -0.787. The summed E-state index contributed by atoms with van der Waals surface area (Å²) < 4.78 is 0. The van der Waals surface area contributed by atoms with Gasteiger partial charge in [0.05, 0.1) is 11.5 Å². The van der Waals surface area contributed by atoms with E-state index in [0.717, 1.165) is 22.3 Å². The molecule has 0 unspecified atom stereocenters. The van der Waals surface area contributed by atoms with Crippen molar-refractivity contribution in [3.8, 4) is 0 Å². The zero-order valence-corrected chi connectivity index (χ0v) is 29.6. The number of H-pyrrole nitrogens is 2. The molecule has 2 aromatic rings. The summed E-state index contributed by atoms with van der Waals surface area (Å²) >= 11 is 1.44. The normalized spacial score (nSPS) is 20.4. The molecule has 1 saturated heterocycles. The van der Waals surface area contributed by atoms with Crippen molar-refractivity contribution in [3.05, 3.63) is 73.8 Å². The smallest absolute Gasteiger partial charge is 0.363 e. The van der Waals surface area contributed by atoms with Gasteiger partial charge >= 0.3 is 17.9 Å². The summed E-state index contributed by atoms with van der Waals surface area (Å²) in [6.07, 6.45) is 7.08. The number of carbonyl (C=O) groups excluding carboxylic acids is 2. The Morgan fingerprint density at radius 1 is 0.940 bits per heavy atom. The average molecular weight is 707 g/mol. The maximum atomic E-state index is 12.9. The molecule has 4 rings (SSSR count). The van der Waals surface area contributed by atoms with Crippen LogP contribution in [0.1, 0.15) is 67.3 Å². The van der Waals surface area contributed by atoms with Crippen LogP contribution >= 0.6 is 11.8 Å². The molecule has 4 atom stereocenters. The van der Waals surface area contributed by atoms with Crippen molar-refractivity contribution < 1.29 is 45.0 Å². The molecular formula is C36H44N5O8S+. The lowest BCUT2D eigenvalue weighted by Gasteiger charge is -2.22. The molecular weight excluding hydrogens is 662 g/mol. The number of amides is 2. The van der Waals surface area contributed by atoms with E-state index in [1.165, 1.54) is 17.8 Å². The van der Waals surface area contributed by atoms with Crippen LogP contribution in [0, 0.1) is 25.7 Å². The van der Waals surface area contributed by atoms with Crippen LogP contribution < -0.4 is 21.7 Å². The third kappa shape index (κ3) is 8.25. The minimum Gasteiger partial charge on any atom is -0.481 e. The van der Waals surface area contributed by atoms with Crippen molar-refractivity contribution in [1.29, 1.82) is 0 Å². The molecule has 2 aliphatic rings. The van der Waals surface area contributed by atoms with Crippen molar-refractivity contribution in [3.63, 3.8) is 0 Å². The van der Waals surface area contributed by atoms with Gasteiger partial charge in [-0.1, -0.05) is 26.5 Å². The van der Waals surface area contributed by atoms with Crippen molar-refractivity contribution >= 4 is 65.4 Å². The van der Waals surface area contributed by atoms with E-state index in [-0.39, 0.29) is 60.3 Å². The number of hydrogen-bond donors (Lipinski definition) is 7. The molecule has 0 radical (unpaired) electrons. The maximum Gasteiger partial charge on any atom is 0.363 e. The van der Waals surface area contributed by atoms with E-state index in [9.17, 15) is 39.3 Å². The van der Waals surface area contributed by atoms with E-state index in [1.54, 1.807) is 13.0 Å². The number of aliphatic carboxylic acids is 3. The number of hydrogen-bond acceptors (Lipinski definition) is 6. The van der Waals surface area contributed by atoms with Gasteiger partial charge in [0.2, 0.25) is 5.91 Å². The summed E-state index contributed by atoms with van der Waals surface area (Å²) in [5.41, 5.74) is 10.3. The molecule has 0 aliphatic carbocycles. The lowest BCUT2D eigenvalue weighted by molar-refractivity contribution is -0.400. The third-order valence-corrected chi connectivity index (χ3v) is 10.8. The molecule has 0 bridgehead atoms. The van der Waals surface area contributed by atoms with Crippen LogP contribution in [-0.2, 0) is 36.8 Å². The molecule has 50 heavy (non-hydrogen) atoms. The summed E-state index contributed by atoms with van der Waals surface area (Å²) in [7, 11) is 0. The van der Waals surface area contributed by atoms with Crippen LogP contribution in [0.3, 0.4) is 0 Å². The zero-order valence-electron chi connectivity index (χ0n) is 28.8. The maximum absolute atomic E-state index is 12.9.